The molecule has 1 aromatic carbocycles. The van der Waals surface area contributed by atoms with Gasteiger partial charge in [0.25, 0.3) is 10.2 Å². The van der Waals surface area contributed by atoms with Gasteiger partial charge in [-0.1, -0.05) is 37.3 Å². The van der Waals surface area contributed by atoms with Crippen LogP contribution in [0.2, 0.25) is 0 Å². The second kappa shape index (κ2) is 8.24. The molecule has 130 valence electrons. The summed E-state index contributed by atoms with van der Waals surface area (Å²) in [6, 6.07) is 10.3. The predicted octanol–water partition coefficient (Wildman–Crippen LogP) is 1.73. The lowest BCUT2D eigenvalue weighted by atomic mass is 10.0. The van der Waals surface area contributed by atoms with Crippen LogP contribution in [0, 0.1) is 5.92 Å². The maximum Gasteiger partial charge on any atom is 0.279 e. The third-order valence-corrected chi connectivity index (χ3v) is 6.05. The normalized spacial score (nSPS) is 21.5. The molecule has 23 heavy (non-hydrogen) atoms. The van der Waals surface area contributed by atoms with Crippen molar-refractivity contribution in [1.29, 1.82) is 0 Å². The molecule has 0 aromatic heterocycles. The molecule has 2 rings (SSSR count). The first-order valence-corrected chi connectivity index (χ1v) is 9.77. The molecule has 1 fully saturated rings. The van der Waals surface area contributed by atoms with Crippen molar-refractivity contribution >= 4 is 10.2 Å². The van der Waals surface area contributed by atoms with Crippen molar-refractivity contribution in [3.05, 3.63) is 35.9 Å². The van der Waals surface area contributed by atoms with Crippen molar-refractivity contribution < 1.29 is 8.42 Å². The quantitative estimate of drug-likeness (QED) is 0.823. The van der Waals surface area contributed by atoms with Crippen molar-refractivity contribution in [3.63, 3.8) is 0 Å². The van der Waals surface area contributed by atoms with Crippen molar-refractivity contribution in [3.8, 4) is 0 Å². The minimum Gasteiger partial charge on any atom is -0.305 e. The summed E-state index contributed by atoms with van der Waals surface area (Å²) >= 11 is 0. The van der Waals surface area contributed by atoms with Gasteiger partial charge in [0, 0.05) is 25.7 Å². The maximum absolute atomic E-state index is 12.5. The molecule has 0 radical (unpaired) electrons. The smallest absolute Gasteiger partial charge is 0.279 e. The predicted molar refractivity (Wildman–Crippen MR) is 94.5 cm³/mol. The highest BCUT2D eigenvalue weighted by molar-refractivity contribution is 7.87. The van der Waals surface area contributed by atoms with Crippen LogP contribution >= 0.6 is 0 Å². The minimum atomic E-state index is -3.38. The molecule has 0 aliphatic carbocycles. The van der Waals surface area contributed by atoms with Crippen LogP contribution in [0.5, 0.6) is 0 Å². The lowest BCUT2D eigenvalue weighted by molar-refractivity contribution is 0.268. The van der Waals surface area contributed by atoms with Gasteiger partial charge >= 0.3 is 0 Å². The Balaban J connectivity index is 1.95. The van der Waals surface area contributed by atoms with Gasteiger partial charge in [-0.2, -0.15) is 12.7 Å². The molecule has 0 bridgehead atoms. The number of hydrogen-bond acceptors (Lipinski definition) is 3. The van der Waals surface area contributed by atoms with Gasteiger partial charge in [-0.3, -0.25) is 0 Å². The van der Waals surface area contributed by atoms with E-state index in [-0.39, 0.29) is 6.04 Å². The Kier molecular flexibility index (Phi) is 6.59. The first kappa shape index (κ1) is 18.4. The fourth-order valence-electron chi connectivity index (χ4n) is 2.98. The van der Waals surface area contributed by atoms with E-state index >= 15 is 0 Å². The van der Waals surface area contributed by atoms with Crippen LogP contribution in [0.1, 0.15) is 25.3 Å². The zero-order valence-electron chi connectivity index (χ0n) is 14.4. The lowest BCUT2D eigenvalue weighted by Gasteiger charge is -2.31. The molecule has 0 saturated carbocycles. The van der Waals surface area contributed by atoms with Gasteiger partial charge in [0.15, 0.2) is 0 Å². The van der Waals surface area contributed by atoms with E-state index in [1.54, 1.807) is 4.31 Å². The SMILES string of the molecule is CC1CCCN(S(=O)(=O)NCC(Cc2ccccc2)N(C)C)C1. The topological polar surface area (TPSA) is 52.7 Å². The number of piperidine rings is 1. The van der Waals surface area contributed by atoms with Gasteiger partial charge in [0.05, 0.1) is 0 Å². The van der Waals surface area contributed by atoms with E-state index in [1.807, 2.05) is 32.3 Å². The van der Waals surface area contributed by atoms with Crippen molar-refractivity contribution in [2.24, 2.45) is 5.92 Å². The fourth-order valence-corrected chi connectivity index (χ4v) is 4.39. The summed E-state index contributed by atoms with van der Waals surface area (Å²) in [4.78, 5) is 2.08. The summed E-state index contributed by atoms with van der Waals surface area (Å²) in [5, 5.41) is 0. The molecular weight excluding hydrogens is 310 g/mol. The second-order valence-electron chi connectivity index (χ2n) is 6.77. The number of nitrogens with one attached hydrogen (secondary N) is 1. The van der Waals surface area contributed by atoms with E-state index in [1.165, 1.54) is 5.56 Å². The maximum atomic E-state index is 12.5. The van der Waals surface area contributed by atoms with Crippen LogP contribution < -0.4 is 4.72 Å². The Labute approximate surface area is 140 Å². The number of benzene rings is 1. The molecular formula is C17H29N3O2S. The van der Waals surface area contributed by atoms with E-state index < -0.39 is 10.2 Å². The Morgan fingerprint density at radius 1 is 1.30 bits per heavy atom. The van der Waals surface area contributed by atoms with Gasteiger partial charge < -0.3 is 4.90 Å². The molecule has 1 N–H and O–H groups in total. The molecule has 0 spiro atoms. The summed E-state index contributed by atoms with van der Waals surface area (Å²) in [5.41, 5.74) is 1.22. The zero-order chi connectivity index (χ0) is 16.9. The van der Waals surface area contributed by atoms with E-state index in [0.29, 0.717) is 25.6 Å². The molecule has 5 nitrogen and oxygen atoms in total. The first-order chi connectivity index (χ1) is 10.9. The molecule has 6 heteroatoms. The molecule has 2 unspecified atom stereocenters. The van der Waals surface area contributed by atoms with E-state index in [4.69, 9.17) is 0 Å². The van der Waals surface area contributed by atoms with Crippen LogP contribution in [-0.4, -0.2) is 57.4 Å². The fraction of sp³-hybridized carbons (Fsp3) is 0.647. The van der Waals surface area contributed by atoms with Crippen LogP contribution in [-0.2, 0) is 16.6 Å². The third-order valence-electron chi connectivity index (χ3n) is 4.51. The van der Waals surface area contributed by atoms with Crippen molar-refractivity contribution in [2.75, 3.05) is 33.7 Å². The highest BCUT2D eigenvalue weighted by atomic mass is 32.2. The molecule has 1 aliphatic heterocycles. The molecule has 2 atom stereocenters. The van der Waals surface area contributed by atoms with Crippen LogP contribution in [0.4, 0.5) is 0 Å². The van der Waals surface area contributed by atoms with Gasteiger partial charge in [0.1, 0.15) is 0 Å². The van der Waals surface area contributed by atoms with Crippen LogP contribution in [0.15, 0.2) is 30.3 Å². The summed E-state index contributed by atoms with van der Waals surface area (Å²) in [7, 11) is 0.601. The lowest BCUT2D eigenvalue weighted by Crippen LogP contribution is -2.49. The van der Waals surface area contributed by atoms with E-state index in [0.717, 1.165) is 19.3 Å². The van der Waals surface area contributed by atoms with Crippen molar-refractivity contribution in [1.82, 2.24) is 13.9 Å². The highest BCUT2D eigenvalue weighted by Gasteiger charge is 2.27. The van der Waals surface area contributed by atoms with Gasteiger partial charge in [-0.15, -0.1) is 0 Å². The van der Waals surface area contributed by atoms with Gasteiger partial charge in [-0.25, -0.2) is 4.72 Å². The highest BCUT2D eigenvalue weighted by Crippen LogP contribution is 2.17. The Hall–Kier alpha value is -0.950. The summed E-state index contributed by atoms with van der Waals surface area (Å²) in [5.74, 6) is 0.439. The summed E-state index contributed by atoms with van der Waals surface area (Å²) in [6.07, 6.45) is 2.89. The summed E-state index contributed by atoms with van der Waals surface area (Å²) in [6.45, 7) is 3.79. The number of likely N-dealkylation sites (N-methyl/N-ethyl adjacent to an activating group) is 1. The van der Waals surface area contributed by atoms with Gasteiger partial charge in [-0.05, 0) is 44.8 Å². The standard InChI is InChI=1S/C17H29N3O2S/c1-15-8-7-11-20(14-15)23(21,22)18-13-17(19(2)3)12-16-9-5-4-6-10-16/h4-6,9-10,15,17-18H,7-8,11-14H2,1-3H3. The first-order valence-electron chi connectivity index (χ1n) is 8.33. The van der Waals surface area contributed by atoms with Crippen LogP contribution in [0.3, 0.4) is 0 Å². The largest absolute Gasteiger partial charge is 0.305 e. The average Bonchev–Trinajstić information content (AvgIpc) is 2.52. The second-order valence-corrected chi connectivity index (χ2v) is 8.52. The van der Waals surface area contributed by atoms with Gasteiger partial charge in [0.2, 0.25) is 0 Å². The summed E-state index contributed by atoms with van der Waals surface area (Å²) < 4.78 is 29.4. The molecule has 1 saturated heterocycles. The Morgan fingerprint density at radius 2 is 2.00 bits per heavy atom. The Bertz CT molecular complexity index is 575. The van der Waals surface area contributed by atoms with E-state index in [9.17, 15) is 8.42 Å². The molecule has 0 amide bonds. The zero-order valence-corrected chi connectivity index (χ0v) is 15.2. The molecule has 1 aliphatic rings. The number of hydrogen-bond donors (Lipinski definition) is 1. The monoisotopic (exact) mass is 339 g/mol. The van der Waals surface area contributed by atoms with Crippen molar-refractivity contribution in [2.45, 2.75) is 32.2 Å². The van der Waals surface area contributed by atoms with Crippen LogP contribution in [0.25, 0.3) is 0 Å². The third kappa shape index (κ3) is 5.57. The van der Waals surface area contributed by atoms with E-state index in [2.05, 4.69) is 28.7 Å². The Morgan fingerprint density at radius 3 is 2.61 bits per heavy atom. The average molecular weight is 340 g/mol. The molecule has 1 aromatic rings. The minimum absolute atomic E-state index is 0.134. The number of rotatable bonds is 7. The number of nitrogens with zero attached hydrogens (tertiary/aromatic N) is 2. The molecule has 1 heterocycles.